The van der Waals surface area contributed by atoms with Gasteiger partial charge in [-0.25, -0.2) is 0 Å². The summed E-state index contributed by atoms with van der Waals surface area (Å²) < 4.78 is 0. The number of hydrogen-bond donors (Lipinski definition) is 0. The molecule has 0 saturated heterocycles. The number of aromatic nitrogens is 2. The minimum absolute atomic E-state index is 0.159. The molecule has 2 aliphatic carbocycles. The number of allylic oxidation sites excluding steroid dienone is 1. The second-order valence-electron chi connectivity index (χ2n) is 8.83. The smallest absolute Gasteiger partial charge is 0.165 e. The number of Topliss-reactive ketones (excluding diaryl/α,β-unsaturated/α-hetero) is 1. The van der Waals surface area contributed by atoms with Crippen LogP contribution in [0.1, 0.15) is 63.7 Å². The lowest BCUT2D eigenvalue weighted by atomic mass is 9.95. The molecule has 4 heteroatoms. The van der Waals surface area contributed by atoms with Crippen molar-refractivity contribution in [3.63, 3.8) is 0 Å². The molecule has 1 aromatic carbocycles. The maximum Gasteiger partial charge on any atom is 0.165 e. The SMILES string of the molecule is Cc1cccc(CC(=O)C2=Cc3cc4c(cc3C2)CN=C4c2ccnc(C3CC3)c2)n1. The average Bonchev–Trinajstić information content (AvgIpc) is 3.41. The van der Waals surface area contributed by atoms with Crippen LogP contribution in [-0.4, -0.2) is 21.5 Å². The Morgan fingerprint density at radius 2 is 2.00 bits per heavy atom. The fraction of sp³-hybridized carbons (Fsp3) is 0.259. The average molecular weight is 406 g/mol. The second kappa shape index (κ2) is 7.09. The van der Waals surface area contributed by atoms with E-state index >= 15 is 0 Å². The number of rotatable bonds is 5. The maximum atomic E-state index is 12.9. The molecular weight excluding hydrogens is 382 g/mol. The molecule has 3 heterocycles. The van der Waals surface area contributed by atoms with Crippen LogP contribution in [-0.2, 0) is 24.2 Å². The zero-order chi connectivity index (χ0) is 20.9. The third kappa shape index (κ3) is 3.42. The molecule has 4 nitrogen and oxygen atoms in total. The molecule has 3 aromatic rings. The van der Waals surface area contributed by atoms with Crippen LogP contribution >= 0.6 is 0 Å². The van der Waals surface area contributed by atoms with Gasteiger partial charge in [0.05, 0.1) is 18.7 Å². The van der Waals surface area contributed by atoms with Crippen LogP contribution in [0.5, 0.6) is 0 Å². The van der Waals surface area contributed by atoms with Crippen LogP contribution in [0.15, 0.2) is 59.2 Å². The number of carbonyl (C=O) groups excluding carboxylic acids is 1. The number of ketones is 1. The van der Waals surface area contributed by atoms with Gasteiger partial charge in [-0.1, -0.05) is 12.1 Å². The summed E-state index contributed by atoms with van der Waals surface area (Å²) in [6.07, 6.45) is 7.51. The Hall–Kier alpha value is -3.40. The minimum Gasteiger partial charge on any atom is -0.294 e. The molecular formula is C27H23N3O. The molecule has 0 atom stereocenters. The fourth-order valence-electron chi connectivity index (χ4n) is 4.64. The Morgan fingerprint density at radius 3 is 2.84 bits per heavy atom. The number of fused-ring (bicyclic) bond motifs is 2. The molecule has 3 aliphatic rings. The van der Waals surface area contributed by atoms with Gasteiger partial charge in [0.2, 0.25) is 0 Å². The Balaban J connectivity index is 1.27. The van der Waals surface area contributed by atoms with Crippen LogP contribution in [0, 0.1) is 6.92 Å². The standard InChI is InChI=1S/C27H23N3O/c1-16-3-2-4-23(30-16)14-26(31)21-9-19-11-22-15-29-27(24(22)12-20(19)10-21)18-7-8-28-25(13-18)17-5-6-17/h2-4,7-8,10-13,17H,5-6,9,14-15H2,1H3. The molecule has 0 amide bonds. The number of benzene rings is 1. The molecule has 6 rings (SSSR count). The summed E-state index contributed by atoms with van der Waals surface area (Å²) in [7, 11) is 0. The highest BCUT2D eigenvalue weighted by atomic mass is 16.1. The summed E-state index contributed by atoms with van der Waals surface area (Å²) in [5.74, 6) is 0.785. The van der Waals surface area contributed by atoms with Crippen LogP contribution in [0.4, 0.5) is 0 Å². The lowest BCUT2D eigenvalue weighted by Crippen LogP contribution is -2.08. The van der Waals surface area contributed by atoms with Gasteiger partial charge in [0.15, 0.2) is 5.78 Å². The van der Waals surface area contributed by atoms with Crippen molar-refractivity contribution < 1.29 is 4.79 Å². The van der Waals surface area contributed by atoms with Crippen molar-refractivity contribution in [3.8, 4) is 0 Å². The summed E-state index contributed by atoms with van der Waals surface area (Å²) in [4.78, 5) is 26.8. The predicted octanol–water partition coefficient (Wildman–Crippen LogP) is 4.76. The van der Waals surface area contributed by atoms with Gasteiger partial charge in [-0.3, -0.25) is 19.8 Å². The van der Waals surface area contributed by atoms with Gasteiger partial charge >= 0.3 is 0 Å². The first-order chi connectivity index (χ1) is 15.1. The highest BCUT2D eigenvalue weighted by Gasteiger charge is 2.27. The van der Waals surface area contributed by atoms with Crippen molar-refractivity contribution in [2.24, 2.45) is 4.99 Å². The van der Waals surface area contributed by atoms with E-state index in [0.717, 1.165) is 33.8 Å². The zero-order valence-corrected chi connectivity index (χ0v) is 17.6. The van der Waals surface area contributed by atoms with E-state index in [0.29, 0.717) is 25.3 Å². The van der Waals surface area contributed by atoms with Crippen molar-refractivity contribution >= 4 is 17.6 Å². The molecule has 0 N–H and O–H groups in total. The summed E-state index contributed by atoms with van der Waals surface area (Å²) >= 11 is 0. The summed E-state index contributed by atoms with van der Waals surface area (Å²) in [5.41, 5.74) is 10.9. The number of nitrogens with zero attached hydrogens (tertiary/aromatic N) is 3. The first-order valence-electron chi connectivity index (χ1n) is 11.0. The largest absolute Gasteiger partial charge is 0.294 e. The van der Waals surface area contributed by atoms with Crippen LogP contribution in [0.2, 0.25) is 0 Å². The molecule has 0 spiro atoms. The molecule has 1 saturated carbocycles. The highest BCUT2D eigenvalue weighted by molar-refractivity contribution is 6.15. The topological polar surface area (TPSA) is 55.2 Å². The summed E-state index contributed by atoms with van der Waals surface area (Å²) in [6.45, 7) is 2.66. The van der Waals surface area contributed by atoms with Gasteiger partial charge in [-0.15, -0.1) is 0 Å². The molecule has 0 unspecified atom stereocenters. The maximum absolute atomic E-state index is 12.9. The van der Waals surface area contributed by atoms with Gasteiger partial charge < -0.3 is 0 Å². The predicted molar refractivity (Wildman–Crippen MR) is 121 cm³/mol. The summed E-state index contributed by atoms with van der Waals surface area (Å²) in [5, 5.41) is 0. The first-order valence-corrected chi connectivity index (χ1v) is 11.0. The van der Waals surface area contributed by atoms with Gasteiger partial charge in [0.1, 0.15) is 0 Å². The van der Waals surface area contributed by atoms with E-state index in [1.807, 2.05) is 31.3 Å². The molecule has 2 aromatic heterocycles. The monoisotopic (exact) mass is 405 g/mol. The van der Waals surface area contributed by atoms with Crippen molar-refractivity contribution in [2.45, 2.75) is 45.1 Å². The minimum atomic E-state index is 0.159. The van der Waals surface area contributed by atoms with E-state index in [4.69, 9.17) is 4.99 Å². The normalized spacial score (nSPS) is 16.5. The van der Waals surface area contributed by atoms with Crippen molar-refractivity contribution in [2.75, 3.05) is 0 Å². The van der Waals surface area contributed by atoms with E-state index in [1.54, 1.807) is 0 Å². The number of pyridine rings is 2. The Bertz CT molecular complexity index is 1300. The quantitative estimate of drug-likeness (QED) is 0.615. The van der Waals surface area contributed by atoms with Crippen LogP contribution < -0.4 is 0 Å². The van der Waals surface area contributed by atoms with Crippen LogP contribution in [0.3, 0.4) is 0 Å². The molecule has 0 bridgehead atoms. The molecule has 1 fully saturated rings. The first kappa shape index (κ1) is 18.4. The molecule has 0 radical (unpaired) electrons. The Labute approximate surface area is 181 Å². The third-order valence-corrected chi connectivity index (χ3v) is 6.43. The highest BCUT2D eigenvalue weighted by Crippen LogP contribution is 2.39. The van der Waals surface area contributed by atoms with E-state index in [-0.39, 0.29) is 5.78 Å². The summed E-state index contributed by atoms with van der Waals surface area (Å²) in [6, 6.07) is 14.6. The van der Waals surface area contributed by atoms with Crippen molar-refractivity contribution in [3.05, 3.63) is 99.1 Å². The Kier molecular flexibility index (Phi) is 4.20. The van der Waals surface area contributed by atoms with Crippen LogP contribution in [0.25, 0.3) is 6.08 Å². The van der Waals surface area contributed by atoms with Crippen molar-refractivity contribution in [1.29, 1.82) is 0 Å². The number of aliphatic imine (C=N–C) groups is 1. The zero-order valence-electron chi connectivity index (χ0n) is 17.6. The van der Waals surface area contributed by atoms with E-state index < -0.39 is 0 Å². The number of hydrogen-bond acceptors (Lipinski definition) is 4. The van der Waals surface area contributed by atoms with Crippen molar-refractivity contribution in [1.82, 2.24) is 9.97 Å². The molecule has 31 heavy (non-hydrogen) atoms. The number of aryl methyl sites for hydroxylation is 1. The van der Waals surface area contributed by atoms with E-state index in [9.17, 15) is 4.79 Å². The van der Waals surface area contributed by atoms with Gasteiger partial charge in [0.25, 0.3) is 0 Å². The lowest BCUT2D eigenvalue weighted by molar-refractivity contribution is -0.115. The second-order valence-corrected chi connectivity index (χ2v) is 8.83. The van der Waals surface area contributed by atoms with E-state index in [1.165, 1.54) is 35.2 Å². The molecule has 1 aliphatic heterocycles. The Morgan fingerprint density at radius 1 is 1.10 bits per heavy atom. The fourth-order valence-corrected chi connectivity index (χ4v) is 4.64. The van der Waals surface area contributed by atoms with Gasteiger partial charge in [0, 0.05) is 52.3 Å². The van der Waals surface area contributed by atoms with Gasteiger partial charge in [-0.05, 0) is 72.9 Å². The van der Waals surface area contributed by atoms with E-state index in [2.05, 4.69) is 40.3 Å². The molecule has 152 valence electrons. The number of carbonyl (C=O) groups is 1. The third-order valence-electron chi connectivity index (χ3n) is 6.43. The van der Waals surface area contributed by atoms with Gasteiger partial charge in [-0.2, -0.15) is 0 Å². The lowest BCUT2D eigenvalue weighted by Gasteiger charge is -2.08.